The number of allylic oxidation sites excluding steroid dienone is 1. The fourth-order valence-electron chi connectivity index (χ4n) is 0.603. The first-order valence-electron chi connectivity index (χ1n) is 4.30. The van der Waals surface area contributed by atoms with Crippen LogP contribution in [0.15, 0.2) is 24.8 Å². The summed E-state index contributed by atoms with van der Waals surface area (Å²) in [5.41, 5.74) is 0. The predicted octanol–water partition coefficient (Wildman–Crippen LogP) is 0.480. The van der Waals surface area contributed by atoms with Gasteiger partial charge in [-0.1, -0.05) is 17.9 Å². The molecule has 0 rings (SSSR count). The van der Waals surface area contributed by atoms with Crippen LogP contribution < -0.4 is 0 Å². The Morgan fingerprint density at radius 2 is 1.73 bits per heavy atom. The summed E-state index contributed by atoms with van der Waals surface area (Å²) in [6.45, 7) is 5.03. The summed E-state index contributed by atoms with van der Waals surface area (Å²) in [4.78, 5) is 0. The van der Waals surface area contributed by atoms with Crippen LogP contribution in [-0.4, -0.2) is 22.4 Å². The van der Waals surface area contributed by atoms with Crippen LogP contribution in [0.5, 0.6) is 0 Å². The molecule has 0 fully saturated rings. The zero-order valence-corrected chi connectivity index (χ0v) is 8.49. The van der Waals surface area contributed by atoms with E-state index in [1.165, 1.54) is 18.2 Å². The zero-order chi connectivity index (χ0) is 11.5. The van der Waals surface area contributed by atoms with Gasteiger partial charge in [0.05, 0.1) is 0 Å². The van der Waals surface area contributed by atoms with Crippen LogP contribution in [0.1, 0.15) is 6.92 Å². The van der Waals surface area contributed by atoms with Crippen molar-refractivity contribution in [2.24, 2.45) is 0 Å². The van der Waals surface area contributed by atoms with Gasteiger partial charge in [-0.15, -0.1) is 6.58 Å². The Bertz CT molecular complexity index is 399. The molecule has 0 aromatic rings. The highest BCUT2D eigenvalue weighted by Gasteiger charge is 2.06. The molecule has 0 radical (unpaired) electrons. The minimum Gasteiger partial charge on any atom is -0.386 e. The first-order chi connectivity index (χ1) is 7.22. The van der Waals surface area contributed by atoms with E-state index in [4.69, 9.17) is 5.11 Å². The molecule has 0 saturated carbocycles. The number of hydrogen-bond acceptors (Lipinski definition) is 2. The Morgan fingerprint density at radius 3 is 2.33 bits per heavy atom. The molecule has 0 aliphatic carbocycles. The first kappa shape index (κ1) is 13.1. The van der Waals surface area contributed by atoms with Gasteiger partial charge in [0.1, 0.15) is 12.2 Å². The minimum atomic E-state index is -0.986. The second kappa shape index (κ2) is 8.67. The van der Waals surface area contributed by atoms with Gasteiger partial charge in [-0.05, 0) is 42.8 Å². The molecule has 0 saturated heterocycles. The molecule has 0 unspecified atom stereocenters. The van der Waals surface area contributed by atoms with Crippen LogP contribution in [0.2, 0.25) is 0 Å². The SMILES string of the molecule is C=C[C@@H](O)[C@@H](O)/C=C/C#CC#CC#CC. The van der Waals surface area contributed by atoms with E-state index in [2.05, 4.69) is 42.1 Å². The van der Waals surface area contributed by atoms with Gasteiger partial charge in [0.15, 0.2) is 0 Å². The van der Waals surface area contributed by atoms with Crippen molar-refractivity contribution in [1.29, 1.82) is 0 Å². The summed E-state index contributed by atoms with van der Waals surface area (Å²) in [6, 6.07) is 0. The second-order valence-electron chi connectivity index (χ2n) is 2.47. The topological polar surface area (TPSA) is 40.5 Å². The maximum absolute atomic E-state index is 9.22. The fourth-order valence-corrected chi connectivity index (χ4v) is 0.603. The lowest BCUT2D eigenvalue weighted by molar-refractivity contribution is 0.0811. The smallest absolute Gasteiger partial charge is 0.102 e. The number of hydrogen-bond donors (Lipinski definition) is 2. The molecular formula is C13H12O2. The molecule has 2 nitrogen and oxygen atoms in total. The molecule has 0 aliphatic heterocycles. The van der Waals surface area contributed by atoms with E-state index in [1.807, 2.05) is 0 Å². The van der Waals surface area contributed by atoms with E-state index in [0.717, 1.165) is 0 Å². The van der Waals surface area contributed by atoms with Crippen LogP contribution in [0.3, 0.4) is 0 Å². The summed E-state index contributed by atoms with van der Waals surface area (Å²) in [7, 11) is 0. The van der Waals surface area contributed by atoms with Crippen molar-refractivity contribution in [2.45, 2.75) is 19.1 Å². The highest BCUT2D eigenvalue weighted by Crippen LogP contribution is 1.95. The number of rotatable bonds is 3. The highest BCUT2D eigenvalue weighted by atomic mass is 16.3. The summed E-state index contributed by atoms with van der Waals surface area (Å²) >= 11 is 0. The Hall–Kier alpha value is -1.92. The van der Waals surface area contributed by atoms with Gasteiger partial charge >= 0.3 is 0 Å². The average molecular weight is 200 g/mol. The summed E-state index contributed by atoms with van der Waals surface area (Å²) in [5, 5.41) is 18.3. The Morgan fingerprint density at radius 1 is 1.07 bits per heavy atom. The number of aliphatic hydroxyl groups is 2. The van der Waals surface area contributed by atoms with Crippen LogP contribution in [0, 0.1) is 35.5 Å². The second-order valence-corrected chi connectivity index (χ2v) is 2.47. The van der Waals surface area contributed by atoms with Gasteiger partial charge in [-0.2, -0.15) is 0 Å². The van der Waals surface area contributed by atoms with Crippen molar-refractivity contribution in [3.63, 3.8) is 0 Å². The largest absolute Gasteiger partial charge is 0.386 e. The molecule has 2 N–H and O–H groups in total. The fraction of sp³-hybridized carbons (Fsp3) is 0.231. The van der Waals surface area contributed by atoms with Gasteiger partial charge < -0.3 is 10.2 Å². The normalized spacial score (nSPS) is 12.2. The third kappa shape index (κ3) is 7.17. The zero-order valence-electron chi connectivity index (χ0n) is 8.49. The Kier molecular flexibility index (Phi) is 7.56. The molecule has 0 amide bonds. The quantitative estimate of drug-likeness (QED) is 0.514. The third-order valence-electron chi connectivity index (χ3n) is 1.35. The van der Waals surface area contributed by atoms with Crippen LogP contribution in [0.4, 0.5) is 0 Å². The average Bonchev–Trinajstić information content (AvgIpc) is 2.26. The maximum Gasteiger partial charge on any atom is 0.102 e. The third-order valence-corrected chi connectivity index (χ3v) is 1.35. The van der Waals surface area contributed by atoms with Gasteiger partial charge in [0.25, 0.3) is 0 Å². The van der Waals surface area contributed by atoms with Gasteiger partial charge in [-0.3, -0.25) is 0 Å². The van der Waals surface area contributed by atoms with E-state index in [0.29, 0.717) is 0 Å². The lowest BCUT2D eigenvalue weighted by Gasteiger charge is -2.07. The molecule has 0 spiro atoms. The van der Waals surface area contributed by atoms with E-state index >= 15 is 0 Å². The summed E-state index contributed by atoms with van der Waals surface area (Å²) < 4.78 is 0. The van der Waals surface area contributed by atoms with Crippen molar-refractivity contribution >= 4 is 0 Å². The molecule has 2 atom stereocenters. The van der Waals surface area contributed by atoms with Gasteiger partial charge in [0, 0.05) is 0 Å². The Balaban J connectivity index is 4.14. The lowest BCUT2D eigenvalue weighted by Crippen LogP contribution is -2.20. The maximum atomic E-state index is 9.22. The van der Waals surface area contributed by atoms with Crippen molar-refractivity contribution in [2.75, 3.05) is 0 Å². The molecule has 0 aromatic heterocycles. The predicted molar refractivity (Wildman–Crippen MR) is 60.4 cm³/mol. The molecule has 76 valence electrons. The summed E-state index contributed by atoms with van der Waals surface area (Å²) in [5.74, 6) is 15.2. The van der Waals surface area contributed by atoms with Crippen molar-refractivity contribution in [3.05, 3.63) is 24.8 Å². The Labute approximate surface area is 90.3 Å². The lowest BCUT2D eigenvalue weighted by atomic mass is 10.2. The van der Waals surface area contributed by atoms with Crippen LogP contribution in [0.25, 0.3) is 0 Å². The molecular weight excluding hydrogens is 188 g/mol. The van der Waals surface area contributed by atoms with Crippen molar-refractivity contribution in [3.8, 4) is 35.5 Å². The van der Waals surface area contributed by atoms with E-state index in [9.17, 15) is 5.11 Å². The van der Waals surface area contributed by atoms with Crippen molar-refractivity contribution in [1.82, 2.24) is 0 Å². The highest BCUT2D eigenvalue weighted by molar-refractivity contribution is 5.37. The van der Waals surface area contributed by atoms with Crippen LogP contribution >= 0.6 is 0 Å². The molecule has 0 heterocycles. The molecule has 2 heteroatoms. The van der Waals surface area contributed by atoms with Gasteiger partial charge in [0.2, 0.25) is 0 Å². The molecule has 0 aliphatic rings. The summed E-state index contributed by atoms with van der Waals surface area (Å²) in [6.07, 6.45) is 2.08. The van der Waals surface area contributed by atoms with E-state index in [-0.39, 0.29) is 0 Å². The van der Waals surface area contributed by atoms with E-state index < -0.39 is 12.2 Å². The molecule has 0 aromatic carbocycles. The van der Waals surface area contributed by atoms with Gasteiger partial charge in [-0.25, -0.2) is 0 Å². The number of aliphatic hydroxyl groups excluding tert-OH is 2. The first-order valence-corrected chi connectivity index (χ1v) is 4.30. The standard InChI is InChI=1S/C13H12O2/c1-3-5-6-7-8-9-10-11-13(15)12(14)4-2/h4,10-15H,2H2,1H3/b11-10+/t12-,13+/m1/s1. The molecule has 15 heavy (non-hydrogen) atoms. The molecule has 0 bridgehead atoms. The minimum absolute atomic E-state index is 0.972. The van der Waals surface area contributed by atoms with Crippen LogP contribution in [-0.2, 0) is 0 Å². The van der Waals surface area contributed by atoms with Crippen molar-refractivity contribution < 1.29 is 10.2 Å². The monoisotopic (exact) mass is 200 g/mol. The van der Waals surface area contributed by atoms with E-state index in [1.54, 1.807) is 6.92 Å².